The first kappa shape index (κ1) is 17.5. The fourth-order valence-electron chi connectivity index (χ4n) is 1.96. The second-order valence-corrected chi connectivity index (χ2v) is 7.73. The van der Waals surface area contributed by atoms with E-state index in [2.05, 4.69) is 21.2 Å². The Hall–Kier alpha value is -1.86. The molecule has 0 unspecified atom stereocenters. The Labute approximate surface area is 143 Å². The number of benzene rings is 2. The average molecular weight is 398 g/mol. The molecule has 0 aromatic heterocycles. The highest BCUT2D eigenvalue weighted by Gasteiger charge is 2.17. The second kappa shape index (κ2) is 7.61. The summed E-state index contributed by atoms with van der Waals surface area (Å²) in [6.45, 7) is 0.548. The molecule has 0 saturated carbocycles. The maximum absolute atomic E-state index is 12.1. The van der Waals surface area contributed by atoms with Crippen molar-refractivity contribution in [3.8, 4) is 5.75 Å². The van der Waals surface area contributed by atoms with E-state index >= 15 is 0 Å². The molecular weight excluding hydrogens is 382 g/mol. The van der Waals surface area contributed by atoms with Crippen molar-refractivity contribution in [3.05, 3.63) is 58.6 Å². The van der Waals surface area contributed by atoms with E-state index in [0.717, 1.165) is 10.7 Å². The highest BCUT2D eigenvalue weighted by Crippen LogP contribution is 2.17. The van der Waals surface area contributed by atoms with Crippen molar-refractivity contribution in [2.24, 2.45) is 0 Å². The lowest BCUT2D eigenvalue weighted by atomic mass is 10.2. The van der Waals surface area contributed by atoms with Gasteiger partial charge in [-0.3, -0.25) is 4.79 Å². The van der Waals surface area contributed by atoms with E-state index in [1.165, 1.54) is 12.1 Å². The molecule has 0 atom stereocenters. The summed E-state index contributed by atoms with van der Waals surface area (Å²) in [5, 5.41) is 2.66. The zero-order valence-corrected chi connectivity index (χ0v) is 14.9. The molecule has 1 amide bonds. The van der Waals surface area contributed by atoms with E-state index in [-0.39, 0.29) is 23.6 Å². The number of carbonyl (C=O) groups is 1. The van der Waals surface area contributed by atoms with Gasteiger partial charge in [-0.25, -0.2) is 8.42 Å². The van der Waals surface area contributed by atoms with E-state index in [1.54, 1.807) is 12.1 Å². The van der Waals surface area contributed by atoms with Crippen LogP contribution in [0.3, 0.4) is 0 Å². The lowest BCUT2D eigenvalue weighted by molar-refractivity contribution is 0.0943. The maximum Gasteiger partial charge on any atom is 0.252 e. The van der Waals surface area contributed by atoms with Gasteiger partial charge in [0.1, 0.15) is 12.4 Å². The van der Waals surface area contributed by atoms with Crippen molar-refractivity contribution in [2.75, 3.05) is 19.4 Å². The first-order valence-corrected chi connectivity index (χ1v) is 9.52. The van der Waals surface area contributed by atoms with Crippen molar-refractivity contribution >= 4 is 31.7 Å². The van der Waals surface area contributed by atoms with Crippen LogP contribution in [-0.4, -0.2) is 33.7 Å². The third-order valence-corrected chi connectivity index (χ3v) is 4.63. The summed E-state index contributed by atoms with van der Waals surface area (Å²) < 4.78 is 29.8. The van der Waals surface area contributed by atoms with Crippen molar-refractivity contribution < 1.29 is 17.9 Å². The predicted molar refractivity (Wildman–Crippen MR) is 91.5 cm³/mol. The van der Waals surface area contributed by atoms with Gasteiger partial charge in [0.05, 0.1) is 17.0 Å². The van der Waals surface area contributed by atoms with E-state index in [9.17, 15) is 13.2 Å². The third-order valence-electron chi connectivity index (χ3n) is 2.98. The minimum atomic E-state index is -3.45. The van der Waals surface area contributed by atoms with Crippen LogP contribution in [0.15, 0.2) is 57.9 Å². The number of ether oxygens (including phenoxy) is 1. The lowest BCUT2D eigenvalue weighted by Gasteiger charge is -2.10. The maximum atomic E-state index is 12.1. The first-order valence-electron chi connectivity index (χ1n) is 6.83. The van der Waals surface area contributed by atoms with Gasteiger partial charge in [0.2, 0.25) is 0 Å². The van der Waals surface area contributed by atoms with Crippen LogP contribution >= 0.6 is 15.9 Å². The fourth-order valence-corrected chi connectivity index (χ4v) is 3.23. The monoisotopic (exact) mass is 397 g/mol. The molecule has 2 aromatic rings. The SMILES string of the molecule is CS(=O)(=O)c1ccccc1C(=O)NCCOc1cccc(Br)c1. The molecule has 0 fully saturated rings. The van der Waals surface area contributed by atoms with Gasteiger partial charge >= 0.3 is 0 Å². The number of hydrogen-bond donors (Lipinski definition) is 1. The summed E-state index contributed by atoms with van der Waals surface area (Å²) in [7, 11) is -3.45. The molecule has 0 aliphatic rings. The Morgan fingerprint density at radius 3 is 2.61 bits per heavy atom. The molecule has 0 heterocycles. The fraction of sp³-hybridized carbons (Fsp3) is 0.188. The molecule has 0 radical (unpaired) electrons. The molecule has 0 spiro atoms. The van der Waals surface area contributed by atoms with Crippen molar-refractivity contribution in [2.45, 2.75) is 4.90 Å². The molecule has 0 aliphatic carbocycles. The minimum Gasteiger partial charge on any atom is -0.492 e. The van der Waals surface area contributed by atoms with Crippen LogP contribution in [0.5, 0.6) is 5.75 Å². The van der Waals surface area contributed by atoms with Crippen molar-refractivity contribution in [1.82, 2.24) is 5.32 Å². The number of hydrogen-bond acceptors (Lipinski definition) is 4. The average Bonchev–Trinajstić information content (AvgIpc) is 2.50. The Morgan fingerprint density at radius 2 is 1.91 bits per heavy atom. The molecule has 0 aliphatic heterocycles. The van der Waals surface area contributed by atoms with E-state index in [4.69, 9.17) is 4.74 Å². The van der Waals surface area contributed by atoms with Gasteiger partial charge < -0.3 is 10.1 Å². The standard InChI is InChI=1S/C16H16BrNO4S/c1-23(20,21)15-8-3-2-7-14(15)16(19)18-9-10-22-13-6-4-5-12(17)11-13/h2-8,11H,9-10H2,1H3,(H,18,19). The van der Waals surface area contributed by atoms with Crippen LogP contribution in [0.4, 0.5) is 0 Å². The largest absolute Gasteiger partial charge is 0.492 e. The lowest BCUT2D eigenvalue weighted by Crippen LogP contribution is -2.29. The molecule has 2 rings (SSSR count). The zero-order chi connectivity index (χ0) is 16.9. The summed E-state index contributed by atoms with van der Waals surface area (Å²) >= 11 is 3.34. The zero-order valence-electron chi connectivity index (χ0n) is 12.5. The normalized spacial score (nSPS) is 11.0. The summed E-state index contributed by atoms with van der Waals surface area (Å²) in [5.74, 6) is 0.244. The van der Waals surface area contributed by atoms with E-state index in [1.807, 2.05) is 24.3 Å². The Balaban J connectivity index is 1.93. The van der Waals surface area contributed by atoms with Gasteiger partial charge in [-0.2, -0.15) is 0 Å². The first-order chi connectivity index (χ1) is 10.9. The molecule has 2 aromatic carbocycles. The third kappa shape index (κ3) is 5.07. The van der Waals surface area contributed by atoms with Gasteiger partial charge in [0.15, 0.2) is 9.84 Å². The molecule has 0 bridgehead atoms. The molecule has 0 saturated heterocycles. The van der Waals surface area contributed by atoms with Gasteiger partial charge in [-0.05, 0) is 30.3 Å². The number of rotatable bonds is 6. The van der Waals surface area contributed by atoms with Gasteiger partial charge in [0.25, 0.3) is 5.91 Å². The Kier molecular flexibility index (Phi) is 5.79. The van der Waals surface area contributed by atoms with Gasteiger partial charge in [0, 0.05) is 10.7 Å². The number of sulfone groups is 1. The van der Waals surface area contributed by atoms with Crippen LogP contribution < -0.4 is 10.1 Å². The quantitative estimate of drug-likeness (QED) is 0.760. The van der Waals surface area contributed by atoms with E-state index < -0.39 is 15.7 Å². The number of nitrogens with one attached hydrogen (secondary N) is 1. The Bertz CT molecular complexity index is 805. The van der Waals surface area contributed by atoms with Crippen molar-refractivity contribution in [1.29, 1.82) is 0 Å². The summed E-state index contributed by atoms with van der Waals surface area (Å²) in [5.41, 5.74) is 0.137. The van der Waals surface area contributed by atoms with Crippen LogP contribution in [0.2, 0.25) is 0 Å². The second-order valence-electron chi connectivity index (χ2n) is 4.83. The molecular formula is C16H16BrNO4S. The summed E-state index contributed by atoms with van der Waals surface area (Å²) in [6, 6.07) is 13.5. The van der Waals surface area contributed by atoms with Crippen LogP contribution in [0, 0.1) is 0 Å². The van der Waals surface area contributed by atoms with Crippen molar-refractivity contribution in [3.63, 3.8) is 0 Å². The molecule has 5 nitrogen and oxygen atoms in total. The summed E-state index contributed by atoms with van der Waals surface area (Å²) in [4.78, 5) is 12.2. The predicted octanol–water partition coefficient (Wildman–Crippen LogP) is 2.66. The van der Waals surface area contributed by atoms with Gasteiger partial charge in [-0.15, -0.1) is 0 Å². The molecule has 23 heavy (non-hydrogen) atoms. The molecule has 1 N–H and O–H groups in total. The molecule has 7 heteroatoms. The van der Waals surface area contributed by atoms with E-state index in [0.29, 0.717) is 5.75 Å². The highest BCUT2D eigenvalue weighted by molar-refractivity contribution is 9.10. The van der Waals surface area contributed by atoms with Crippen LogP contribution in [-0.2, 0) is 9.84 Å². The topological polar surface area (TPSA) is 72.5 Å². The summed E-state index contributed by atoms with van der Waals surface area (Å²) in [6.07, 6.45) is 1.08. The van der Waals surface area contributed by atoms with Crippen LogP contribution in [0.25, 0.3) is 0 Å². The Morgan fingerprint density at radius 1 is 1.17 bits per heavy atom. The smallest absolute Gasteiger partial charge is 0.252 e. The van der Waals surface area contributed by atoms with Gasteiger partial charge in [-0.1, -0.05) is 34.1 Å². The minimum absolute atomic E-state index is 0.0189. The number of halogens is 1. The number of carbonyl (C=O) groups excluding carboxylic acids is 1. The van der Waals surface area contributed by atoms with Crippen LogP contribution in [0.1, 0.15) is 10.4 Å². The molecule has 122 valence electrons. The number of amides is 1. The highest BCUT2D eigenvalue weighted by atomic mass is 79.9.